The lowest BCUT2D eigenvalue weighted by atomic mass is 10.2. The molecule has 0 aromatic carbocycles. The summed E-state index contributed by atoms with van der Waals surface area (Å²) in [4.78, 5) is 17.9. The molecular weight excluding hydrogens is 402 g/mol. The Labute approximate surface area is 146 Å². The van der Waals surface area contributed by atoms with E-state index in [2.05, 4.69) is 20.9 Å². The summed E-state index contributed by atoms with van der Waals surface area (Å²) in [6, 6.07) is 6.74. The van der Waals surface area contributed by atoms with Gasteiger partial charge < -0.3 is 4.90 Å². The van der Waals surface area contributed by atoms with Crippen molar-refractivity contribution in [2.24, 2.45) is 0 Å². The van der Waals surface area contributed by atoms with Crippen molar-refractivity contribution in [1.82, 2.24) is 14.2 Å². The average molecular weight is 416 g/mol. The Morgan fingerprint density at radius 2 is 1.91 bits per heavy atom. The number of nitrogens with zero attached hydrogens (tertiary/aromatic N) is 3. The van der Waals surface area contributed by atoms with E-state index in [0.717, 1.165) is 3.79 Å². The number of rotatable bonds is 3. The van der Waals surface area contributed by atoms with E-state index in [9.17, 15) is 13.2 Å². The number of hydrogen-bond donors (Lipinski definition) is 0. The number of sulfonamides is 1. The maximum Gasteiger partial charge on any atom is 0.255 e. The molecule has 0 atom stereocenters. The molecule has 0 bridgehead atoms. The van der Waals surface area contributed by atoms with Crippen LogP contribution >= 0.6 is 27.3 Å². The maximum atomic E-state index is 12.5. The van der Waals surface area contributed by atoms with Gasteiger partial charge in [-0.15, -0.1) is 11.3 Å². The predicted molar refractivity (Wildman–Crippen MR) is 90.9 cm³/mol. The number of aromatic nitrogens is 1. The van der Waals surface area contributed by atoms with Gasteiger partial charge in [-0.2, -0.15) is 4.31 Å². The van der Waals surface area contributed by atoms with Crippen LogP contribution in [0.1, 0.15) is 10.4 Å². The highest BCUT2D eigenvalue weighted by atomic mass is 79.9. The van der Waals surface area contributed by atoms with E-state index >= 15 is 0 Å². The molecule has 3 rings (SSSR count). The molecule has 23 heavy (non-hydrogen) atoms. The minimum Gasteiger partial charge on any atom is -0.336 e. The number of amides is 1. The Balaban J connectivity index is 1.68. The number of halogens is 1. The summed E-state index contributed by atoms with van der Waals surface area (Å²) in [6.07, 6.45) is 3.13. The summed E-state index contributed by atoms with van der Waals surface area (Å²) >= 11 is 4.47. The minimum absolute atomic E-state index is 0.117. The molecule has 0 unspecified atom stereocenters. The highest BCUT2D eigenvalue weighted by molar-refractivity contribution is 9.11. The van der Waals surface area contributed by atoms with Gasteiger partial charge >= 0.3 is 0 Å². The van der Waals surface area contributed by atoms with Crippen molar-refractivity contribution in [3.8, 4) is 0 Å². The van der Waals surface area contributed by atoms with Gasteiger partial charge in [0.15, 0.2) is 0 Å². The van der Waals surface area contributed by atoms with E-state index in [0.29, 0.717) is 36.0 Å². The second-order valence-corrected chi connectivity index (χ2v) is 9.62. The Bertz CT molecular complexity index is 800. The van der Waals surface area contributed by atoms with Gasteiger partial charge in [0, 0.05) is 38.6 Å². The van der Waals surface area contributed by atoms with Gasteiger partial charge in [0.25, 0.3) is 15.9 Å². The highest BCUT2D eigenvalue weighted by Gasteiger charge is 2.31. The zero-order valence-electron chi connectivity index (χ0n) is 12.1. The first-order valence-electron chi connectivity index (χ1n) is 6.93. The van der Waals surface area contributed by atoms with Gasteiger partial charge in [-0.3, -0.25) is 9.78 Å². The van der Waals surface area contributed by atoms with Crippen molar-refractivity contribution in [3.05, 3.63) is 46.0 Å². The molecule has 1 aliphatic heterocycles. The maximum absolute atomic E-state index is 12.5. The summed E-state index contributed by atoms with van der Waals surface area (Å²) in [5, 5.41) is 0. The zero-order valence-corrected chi connectivity index (χ0v) is 15.3. The molecule has 2 aromatic rings. The van der Waals surface area contributed by atoms with Crippen molar-refractivity contribution >= 4 is 43.2 Å². The summed E-state index contributed by atoms with van der Waals surface area (Å²) in [5.41, 5.74) is 0.519. The second kappa shape index (κ2) is 6.68. The van der Waals surface area contributed by atoms with E-state index in [1.165, 1.54) is 21.8 Å². The van der Waals surface area contributed by atoms with Crippen LogP contribution in [0.25, 0.3) is 0 Å². The quantitative estimate of drug-likeness (QED) is 0.768. The lowest BCUT2D eigenvalue weighted by Crippen LogP contribution is -2.50. The molecule has 0 saturated carbocycles. The van der Waals surface area contributed by atoms with Crippen LogP contribution in [0.5, 0.6) is 0 Å². The molecular formula is C14H14BrN3O3S2. The second-order valence-electron chi connectivity index (χ2n) is 5.00. The van der Waals surface area contributed by atoms with Crippen molar-refractivity contribution < 1.29 is 13.2 Å². The Morgan fingerprint density at radius 3 is 2.48 bits per heavy atom. The van der Waals surface area contributed by atoms with Gasteiger partial charge in [0.05, 0.1) is 9.35 Å². The third-order valence-electron chi connectivity index (χ3n) is 3.58. The lowest BCUT2D eigenvalue weighted by molar-refractivity contribution is 0.0697. The number of thiophene rings is 1. The molecule has 1 saturated heterocycles. The summed E-state index contributed by atoms with van der Waals surface area (Å²) < 4.78 is 27.6. The topological polar surface area (TPSA) is 70.6 Å². The van der Waals surface area contributed by atoms with Crippen molar-refractivity contribution in [1.29, 1.82) is 0 Å². The third kappa shape index (κ3) is 3.47. The SMILES string of the molecule is O=C(c1cccnc1)N1CCN(S(=O)(=O)c2ccc(Br)s2)CC1. The van der Waals surface area contributed by atoms with Crippen LogP contribution in [0.2, 0.25) is 0 Å². The van der Waals surface area contributed by atoms with E-state index in [1.54, 1.807) is 35.4 Å². The first-order valence-corrected chi connectivity index (χ1v) is 9.98. The normalized spacial score (nSPS) is 16.5. The number of carbonyl (C=O) groups excluding carboxylic acids is 1. The fourth-order valence-electron chi connectivity index (χ4n) is 2.37. The number of carbonyl (C=O) groups is 1. The molecule has 1 amide bonds. The summed E-state index contributed by atoms with van der Waals surface area (Å²) in [6.45, 7) is 1.34. The van der Waals surface area contributed by atoms with E-state index < -0.39 is 10.0 Å². The highest BCUT2D eigenvalue weighted by Crippen LogP contribution is 2.29. The molecule has 3 heterocycles. The van der Waals surface area contributed by atoms with Gasteiger partial charge in [0.2, 0.25) is 0 Å². The van der Waals surface area contributed by atoms with E-state index in [-0.39, 0.29) is 5.91 Å². The van der Waals surface area contributed by atoms with Crippen LogP contribution < -0.4 is 0 Å². The molecule has 2 aromatic heterocycles. The van der Waals surface area contributed by atoms with Crippen molar-refractivity contribution in [2.45, 2.75) is 4.21 Å². The van der Waals surface area contributed by atoms with Crippen LogP contribution in [-0.2, 0) is 10.0 Å². The first kappa shape index (κ1) is 16.6. The molecule has 1 aliphatic rings. The molecule has 6 nitrogen and oxygen atoms in total. The van der Waals surface area contributed by atoms with Gasteiger partial charge in [0.1, 0.15) is 4.21 Å². The van der Waals surface area contributed by atoms with Gasteiger partial charge in [-0.25, -0.2) is 8.42 Å². The largest absolute Gasteiger partial charge is 0.336 e. The Kier molecular flexibility index (Phi) is 4.81. The number of pyridine rings is 1. The monoisotopic (exact) mass is 415 g/mol. The number of piperazine rings is 1. The average Bonchev–Trinajstić information content (AvgIpc) is 3.02. The fraction of sp³-hybridized carbons (Fsp3) is 0.286. The van der Waals surface area contributed by atoms with E-state index in [4.69, 9.17) is 0 Å². The smallest absolute Gasteiger partial charge is 0.255 e. The van der Waals surface area contributed by atoms with Crippen molar-refractivity contribution in [3.63, 3.8) is 0 Å². The standard InChI is InChI=1S/C14H14BrN3O3S2/c15-12-3-4-13(22-12)23(20,21)18-8-6-17(7-9-18)14(19)11-2-1-5-16-10-11/h1-5,10H,6-9H2. The molecule has 1 fully saturated rings. The molecule has 0 radical (unpaired) electrons. The zero-order chi connectivity index (χ0) is 16.4. The van der Waals surface area contributed by atoms with Crippen LogP contribution in [0, 0.1) is 0 Å². The van der Waals surface area contributed by atoms with Crippen LogP contribution in [0.4, 0.5) is 0 Å². The predicted octanol–water partition coefficient (Wildman–Crippen LogP) is 2.05. The Morgan fingerprint density at radius 1 is 1.17 bits per heavy atom. The first-order chi connectivity index (χ1) is 11.0. The van der Waals surface area contributed by atoms with Gasteiger partial charge in [-0.1, -0.05) is 0 Å². The summed E-state index contributed by atoms with van der Waals surface area (Å²) in [5.74, 6) is -0.117. The van der Waals surface area contributed by atoms with Crippen LogP contribution in [0.3, 0.4) is 0 Å². The fourth-order valence-corrected chi connectivity index (χ4v) is 5.95. The van der Waals surface area contributed by atoms with Gasteiger partial charge in [-0.05, 0) is 40.2 Å². The van der Waals surface area contributed by atoms with E-state index in [1.807, 2.05) is 0 Å². The molecule has 9 heteroatoms. The van der Waals surface area contributed by atoms with Crippen molar-refractivity contribution in [2.75, 3.05) is 26.2 Å². The molecule has 0 aliphatic carbocycles. The molecule has 122 valence electrons. The van der Waals surface area contributed by atoms with Crippen LogP contribution in [0.15, 0.2) is 44.7 Å². The molecule has 0 spiro atoms. The lowest BCUT2D eigenvalue weighted by Gasteiger charge is -2.33. The number of hydrogen-bond acceptors (Lipinski definition) is 5. The summed E-state index contributed by atoms with van der Waals surface area (Å²) in [7, 11) is -3.48. The Hall–Kier alpha value is -1.29. The third-order valence-corrected chi connectivity index (χ3v) is 7.57. The minimum atomic E-state index is -3.48. The molecule has 0 N–H and O–H groups in total. The van der Waals surface area contributed by atoms with Crippen LogP contribution in [-0.4, -0.2) is 54.7 Å².